The first-order valence-corrected chi connectivity index (χ1v) is 8.19. The van der Waals surface area contributed by atoms with Crippen molar-refractivity contribution in [1.82, 2.24) is 10.2 Å². The highest BCUT2D eigenvalue weighted by molar-refractivity contribution is 7.11. The summed E-state index contributed by atoms with van der Waals surface area (Å²) in [5, 5.41) is 3.58. The van der Waals surface area contributed by atoms with Gasteiger partial charge in [0.25, 0.3) is 0 Å². The first-order chi connectivity index (χ1) is 9.19. The van der Waals surface area contributed by atoms with Crippen LogP contribution in [0.1, 0.15) is 36.4 Å². The van der Waals surface area contributed by atoms with E-state index in [1.54, 1.807) is 0 Å². The minimum absolute atomic E-state index is 0.361. The number of hydrogen-bond donors (Lipinski definition) is 1. The fourth-order valence-electron chi connectivity index (χ4n) is 2.77. The first-order valence-electron chi connectivity index (χ1n) is 7.38. The van der Waals surface area contributed by atoms with Crippen LogP contribution < -0.4 is 5.32 Å². The van der Waals surface area contributed by atoms with E-state index >= 15 is 0 Å². The Bertz CT molecular complexity index is 406. The van der Waals surface area contributed by atoms with Gasteiger partial charge in [-0.1, -0.05) is 0 Å². The van der Waals surface area contributed by atoms with Gasteiger partial charge in [0, 0.05) is 42.0 Å². The molecule has 2 unspecified atom stereocenters. The van der Waals surface area contributed by atoms with Crippen LogP contribution in [0.4, 0.5) is 0 Å². The van der Waals surface area contributed by atoms with E-state index in [0.29, 0.717) is 12.2 Å². The smallest absolute Gasteiger partial charge is 0.0678 e. The summed E-state index contributed by atoms with van der Waals surface area (Å²) in [6.07, 6.45) is 3.45. The Hall–Kier alpha value is -0.420. The summed E-state index contributed by atoms with van der Waals surface area (Å²) < 4.78 is 5.78. The molecule has 19 heavy (non-hydrogen) atoms. The zero-order chi connectivity index (χ0) is 13.2. The molecule has 1 aromatic heterocycles. The van der Waals surface area contributed by atoms with Crippen molar-refractivity contribution in [2.45, 2.75) is 58.0 Å². The highest BCUT2D eigenvalue weighted by Gasteiger charge is 2.23. The maximum absolute atomic E-state index is 5.78. The molecule has 1 N–H and O–H groups in total. The molecule has 0 spiro atoms. The summed E-state index contributed by atoms with van der Waals surface area (Å²) in [6.45, 7) is 8.57. The molecule has 2 fully saturated rings. The second kappa shape index (κ2) is 5.92. The SMILES string of the molecule is CC1CN(Cc2ccc(CNC3CC3)s2)CC(C)O1. The molecule has 2 aliphatic rings. The molecule has 0 aromatic carbocycles. The van der Waals surface area contributed by atoms with Crippen LogP contribution in [0.2, 0.25) is 0 Å². The minimum atomic E-state index is 0.361. The monoisotopic (exact) mass is 280 g/mol. The highest BCUT2D eigenvalue weighted by Crippen LogP contribution is 2.23. The maximum Gasteiger partial charge on any atom is 0.0678 e. The average molecular weight is 280 g/mol. The van der Waals surface area contributed by atoms with E-state index in [0.717, 1.165) is 32.2 Å². The fourth-order valence-corrected chi connectivity index (χ4v) is 3.78. The lowest BCUT2D eigenvalue weighted by Crippen LogP contribution is -2.44. The van der Waals surface area contributed by atoms with Crippen LogP contribution in [0, 0.1) is 0 Å². The van der Waals surface area contributed by atoms with Crippen molar-refractivity contribution in [3.8, 4) is 0 Å². The van der Waals surface area contributed by atoms with Gasteiger partial charge in [-0.15, -0.1) is 11.3 Å². The van der Waals surface area contributed by atoms with Crippen LogP contribution in [0.15, 0.2) is 12.1 Å². The van der Waals surface area contributed by atoms with Crippen molar-refractivity contribution in [2.75, 3.05) is 13.1 Å². The van der Waals surface area contributed by atoms with Gasteiger partial charge in [0.15, 0.2) is 0 Å². The number of rotatable bonds is 5. The van der Waals surface area contributed by atoms with Crippen LogP contribution in [0.5, 0.6) is 0 Å². The molecule has 1 aliphatic heterocycles. The predicted octanol–water partition coefficient (Wildman–Crippen LogP) is 2.61. The molecule has 0 amide bonds. The maximum atomic E-state index is 5.78. The molecule has 106 valence electrons. The number of nitrogens with one attached hydrogen (secondary N) is 1. The zero-order valence-corrected chi connectivity index (χ0v) is 12.7. The summed E-state index contributed by atoms with van der Waals surface area (Å²) in [7, 11) is 0. The van der Waals surface area contributed by atoms with Crippen molar-refractivity contribution in [3.05, 3.63) is 21.9 Å². The highest BCUT2D eigenvalue weighted by atomic mass is 32.1. The minimum Gasteiger partial charge on any atom is -0.373 e. The molecular weight excluding hydrogens is 256 g/mol. The van der Waals surface area contributed by atoms with Crippen molar-refractivity contribution >= 4 is 11.3 Å². The Balaban J connectivity index is 1.51. The van der Waals surface area contributed by atoms with Gasteiger partial charge in [-0.05, 0) is 38.8 Å². The van der Waals surface area contributed by atoms with E-state index in [1.165, 1.54) is 22.6 Å². The summed E-state index contributed by atoms with van der Waals surface area (Å²) in [5.74, 6) is 0. The molecule has 3 nitrogen and oxygen atoms in total. The second-order valence-electron chi connectivity index (χ2n) is 5.97. The van der Waals surface area contributed by atoms with Crippen molar-refractivity contribution in [2.24, 2.45) is 0 Å². The number of morpholine rings is 1. The van der Waals surface area contributed by atoms with Crippen molar-refractivity contribution in [3.63, 3.8) is 0 Å². The Morgan fingerprint density at radius 2 is 1.89 bits per heavy atom. The number of nitrogens with zero attached hydrogens (tertiary/aromatic N) is 1. The van der Waals surface area contributed by atoms with Crippen molar-refractivity contribution in [1.29, 1.82) is 0 Å². The topological polar surface area (TPSA) is 24.5 Å². The Labute approximate surface area is 119 Å². The van der Waals surface area contributed by atoms with Gasteiger partial charge in [0.2, 0.25) is 0 Å². The molecule has 2 heterocycles. The van der Waals surface area contributed by atoms with E-state index in [2.05, 4.69) is 36.2 Å². The number of hydrogen-bond acceptors (Lipinski definition) is 4. The molecule has 1 aromatic rings. The third-order valence-electron chi connectivity index (χ3n) is 3.73. The Morgan fingerprint density at radius 3 is 2.58 bits per heavy atom. The molecular formula is C15H24N2OS. The van der Waals surface area contributed by atoms with Crippen LogP contribution in [-0.2, 0) is 17.8 Å². The van der Waals surface area contributed by atoms with Gasteiger partial charge in [0.1, 0.15) is 0 Å². The number of thiophene rings is 1. The lowest BCUT2D eigenvalue weighted by Gasteiger charge is -2.34. The molecule has 0 bridgehead atoms. The average Bonchev–Trinajstić information content (AvgIpc) is 3.06. The normalized spacial score (nSPS) is 28.7. The Morgan fingerprint density at radius 1 is 1.21 bits per heavy atom. The molecule has 1 aliphatic carbocycles. The molecule has 3 rings (SSSR count). The first kappa shape index (κ1) is 13.6. The summed E-state index contributed by atoms with van der Waals surface area (Å²) in [6, 6.07) is 5.37. The summed E-state index contributed by atoms with van der Waals surface area (Å²) in [5.41, 5.74) is 0. The molecule has 0 radical (unpaired) electrons. The van der Waals surface area contributed by atoms with Gasteiger partial charge in [-0.25, -0.2) is 0 Å². The van der Waals surface area contributed by atoms with Gasteiger partial charge in [-0.3, -0.25) is 4.90 Å². The predicted molar refractivity (Wildman–Crippen MR) is 79.5 cm³/mol. The van der Waals surface area contributed by atoms with E-state index < -0.39 is 0 Å². The third-order valence-corrected chi connectivity index (χ3v) is 4.80. The van der Waals surface area contributed by atoms with Gasteiger partial charge >= 0.3 is 0 Å². The lowest BCUT2D eigenvalue weighted by molar-refractivity contribution is -0.0702. The number of ether oxygens (including phenoxy) is 1. The van der Waals surface area contributed by atoms with Crippen LogP contribution in [-0.4, -0.2) is 36.2 Å². The molecule has 2 atom stereocenters. The van der Waals surface area contributed by atoms with E-state index in [1.807, 2.05) is 11.3 Å². The quantitative estimate of drug-likeness (QED) is 0.897. The lowest BCUT2D eigenvalue weighted by atomic mass is 10.2. The van der Waals surface area contributed by atoms with Gasteiger partial charge < -0.3 is 10.1 Å². The Kier molecular flexibility index (Phi) is 4.22. The standard InChI is InChI=1S/C15H24N2OS/c1-11-8-17(9-12(2)18-11)10-15-6-5-14(19-15)7-16-13-3-4-13/h5-6,11-13,16H,3-4,7-10H2,1-2H3. The van der Waals surface area contributed by atoms with Crippen LogP contribution in [0.3, 0.4) is 0 Å². The second-order valence-corrected chi connectivity index (χ2v) is 7.23. The van der Waals surface area contributed by atoms with Gasteiger partial charge in [-0.2, -0.15) is 0 Å². The molecule has 1 saturated heterocycles. The van der Waals surface area contributed by atoms with Crippen molar-refractivity contribution < 1.29 is 4.74 Å². The molecule has 1 saturated carbocycles. The van der Waals surface area contributed by atoms with Crippen LogP contribution in [0.25, 0.3) is 0 Å². The summed E-state index contributed by atoms with van der Waals surface area (Å²) in [4.78, 5) is 5.47. The van der Waals surface area contributed by atoms with E-state index in [4.69, 9.17) is 4.74 Å². The molecule has 4 heteroatoms. The van der Waals surface area contributed by atoms with E-state index in [9.17, 15) is 0 Å². The van der Waals surface area contributed by atoms with E-state index in [-0.39, 0.29) is 0 Å². The third kappa shape index (κ3) is 4.02. The van der Waals surface area contributed by atoms with Crippen LogP contribution >= 0.6 is 11.3 Å². The fraction of sp³-hybridized carbons (Fsp3) is 0.733. The zero-order valence-electron chi connectivity index (χ0n) is 11.9. The van der Waals surface area contributed by atoms with Gasteiger partial charge in [0.05, 0.1) is 12.2 Å². The largest absolute Gasteiger partial charge is 0.373 e. The summed E-state index contributed by atoms with van der Waals surface area (Å²) >= 11 is 1.95.